The van der Waals surface area contributed by atoms with Crippen molar-refractivity contribution >= 4 is 0 Å². The van der Waals surface area contributed by atoms with Crippen molar-refractivity contribution in [2.75, 3.05) is 0 Å². The molecule has 1 aliphatic carbocycles. The summed E-state index contributed by atoms with van der Waals surface area (Å²) in [5.41, 5.74) is 0.925. The molecular formula is C19H17F2N3. The Kier molecular flexibility index (Phi) is 3.63. The van der Waals surface area contributed by atoms with Crippen LogP contribution in [0, 0.1) is 5.82 Å². The van der Waals surface area contributed by atoms with Crippen LogP contribution < -0.4 is 0 Å². The highest BCUT2D eigenvalue weighted by Crippen LogP contribution is 2.49. The molecule has 0 fully saturated rings. The van der Waals surface area contributed by atoms with Crippen LogP contribution in [0.1, 0.15) is 29.0 Å². The molecule has 122 valence electrons. The van der Waals surface area contributed by atoms with Gasteiger partial charge in [0.2, 0.25) is 0 Å². The second-order valence-corrected chi connectivity index (χ2v) is 6.26. The van der Waals surface area contributed by atoms with Gasteiger partial charge in [-0.25, -0.2) is 18.4 Å². The summed E-state index contributed by atoms with van der Waals surface area (Å²) < 4.78 is 31.2. The Bertz CT molecular complexity index is 830. The van der Waals surface area contributed by atoms with Crippen LogP contribution in [0.25, 0.3) is 0 Å². The zero-order valence-electron chi connectivity index (χ0n) is 13.1. The number of hydrogen-bond acceptors (Lipinski definition) is 2. The molecule has 0 aliphatic heterocycles. The summed E-state index contributed by atoms with van der Waals surface area (Å²) in [6.07, 6.45) is 4.42. The number of nitrogens with zero attached hydrogens (tertiary/aromatic N) is 3. The van der Waals surface area contributed by atoms with Gasteiger partial charge in [-0.2, -0.15) is 5.10 Å². The van der Waals surface area contributed by atoms with Crippen molar-refractivity contribution in [2.45, 2.75) is 31.0 Å². The molecule has 0 saturated heterocycles. The first-order valence-electron chi connectivity index (χ1n) is 8.02. The van der Waals surface area contributed by atoms with E-state index in [0.717, 1.165) is 17.5 Å². The summed E-state index contributed by atoms with van der Waals surface area (Å²) in [6, 6.07) is 13.8. The molecule has 1 aromatic heterocycles. The zero-order valence-corrected chi connectivity index (χ0v) is 13.1. The van der Waals surface area contributed by atoms with Gasteiger partial charge in [-0.15, -0.1) is 0 Å². The predicted octanol–water partition coefficient (Wildman–Crippen LogP) is 4.01. The molecule has 3 nitrogen and oxygen atoms in total. The molecule has 2 aromatic carbocycles. The molecule has 5 heteroatoms. The SMILES string of the molecule is Fc1ccc(C2CCc3ccccc3C2(F)Cn2cncn2)cc1. The van der Waals surface area contributed by atoms with Gasteiger partial charge in [0.25, 0.3) is 0 Å². The van der Waals surface area contributed by atoms with Gasteiger partial charge in [-0.3, -0.25) is 0 Å². The maximum atomic E-state index is 16.4. The molecule has 0 bridgehead atoms. The fourth-order valence-corrected chi connectivity index (χ4v) is 3.73. The molecule has 3 aromatic rings. The van der Waals surface area contributed by atoms with Crippen molar-refractivity contribution in [1.82, 2.24) is 14.8 Å². The van der Waals surface area contributed by atoms with Crippen LogP contribution in [0.15, 0.2) is 61.2 Å². The molecule has 0 saturated carbocycles. The quantitative estimate of drug-likeness (QED) is 0.728. The van der Waals surface area contributed by atoms with E-state index in [2.05, 4.69) is 10.1 Å². The average molecular weight is 325 g/mol. The number of aromatic nitrogens is 3. The molecule has 0 spiro atoms. The molecule has 4 rings (SSSR count). The maximum absolute atomic E-state index is 16.4. The fourth-order valence-electron chi connectivity index (χ4n) is 3.73. The van der Waals surface area contributed by atoms with E-state index in [1.807, 2.05) is 24.3 Å². The zero-order chi connectivity index (χ0) is 16.6. The summed E-state index contributed by atoms with van der Waals surface area (Å²) >= 11 is 0. The van der Waals surface area contributed by atoms with E-state index in [9.17, 15) is 4.39 Å². The number of aryl methyl sites for hydroxylation is 1. The highest BCUT2D eigenvalue weighted by molar-refractivity contribution is 5.40. The third kappa shape index (κ3) is 2.50. The van der Waals surface area contributed by atoms with Gasteiger partial charge < -0.3 is 0 Å². The number of benzene rings is 2. The lowest BCUT2D eigenvalue weighted by molar-refractivity contribution is 0.0778. The number of fused-ring (bicyclic) bond motifs is 1. The van der Waals surface area contributed by atoms with Crippen LogP contribution in [-0.2, 0) is 18.6 Å². The molecule has 24 heavy (non-hydrogen) atoms. The minimum Gasteiger partial charge on any atom is -0.249 e. The van der Waals surface area contributed by atoms with Crippen LogP contribution in [0.5, 0.6) is 0 Å². The van der Waals surface area contributed by atoms with Crippen molar-refractivity contribution in [1.29, 1.82) is 0 Å². The smallest absolute Gasteiger partial charge is 0.162 e. The monoisotopic (exact) mass is 325 g/mol. The van der Waals surface area contributed by atoms with E-state index in [0.29, 0.717) is 12.0 Å². The summed E-state index contributed by atoms with van der Waals surface area (Å²) in [7, 11) is 0. The van der Waals surface area contributed by atoms with E-state index in [1.165, 1.54) is 29.5 Å². The molecule has 2 unspecified atom stereocenters. The van der Waals surface area contributed by atoms with E-state index in [-0.39, 0.29) is 18.3 Å². The molecule has 1 heterocycles. The van der Waals surface area contributed by atoms with Gasteiger partial charge >= 0.3 is 0 Å². The van der Waals surface area contributed by atoms with E-state index >= 15 is 4.39 Å². The van der Waals surface area contributed by atoms with E-state index in [1.54, 1.807) is 12.1 Å². The van der Waals surface area contributed by atoms with Crippen LogP contribution in [-0.4, -0.2) is 14.8 Å². The fraction of sp³-hybridized carbons (Fsp3) is 0.263. The number of halogens is 2. The van der Waals surface area contributed by atoms with Crippen LogP contribution in [0.3, 0.4) is 0 Å². The minimum atomic E-state index is -1.61. The van der Waals surface area contributed by atoms with Crippen molar-refractivity contribution in [3.8, 4) is 0 Å². The summed E-state index contributed by atoms with van der Waals surface area (Å²) in [6.45, 7) is 0.0893. The second-order valence-electron chi connectivity index (χ2n) is 6.26. The summed E-state index contributed by atoms with van der Waals surface area (Å²) in [5, 5.41) is 4.08. The van der Waals surface area contributed by atoms with Gasteiger partial charge in [-0.1, -0.05) is 36.4 Å². The Morgan fingerprint density at radius 3 is 2.67 bits per heavy atom. The molecule has 0 amide bonds. The Labute approximate surface area is 139 Å². The van der Waals surface area contributed by atoms with Crippen molar-refractivity contribution < 1.29 is 8.78 Å². The van der Waals surface area contributed by atoms with Gasteiger partial charge in [0.1, 0.15) is 18.5 Å². The Balaban J connectivity index is 1.82. The Hall–Kier alpha value is -2.56. The average Bonchev–Trinajstić information content (AvgIpc) is 3.09. The number of rotatable bonds is 3. The lowest BCUT2D eigenvalue weighted by atomic mass is 9.70. The molecule has 2 atom stereocenters. The summed E-state index contributed by atoms with van der Waals surface area (Å²) in [5.74, 6) is -0.659. The van der Waals surface area contributed by atoms with Gasteiger partial charge in [0, 0.05) is 5.92 Å². The highest BCUT2D eigenvalue weighted by atomic mass is 19.1. The largest absolute Gasteiger partial charge is 0.249 e. The molecule has 0 radical (unpaired) electrons. The first-order valence-corrected chi connectivity index (χ1v) is 8.02. The second kappa shape index (κ2) is 5.82. The van der Waals surface area contributed by atoms with Crippen LogP contribution in [0.2, 0.25) is 0 Å². The van der Waals surface area contributed by atoms with Crippen LogP contribution in [0.4, 0.5) is 8.78 Å². The number of hydrogen-bond donors (Lipinski definition) is 0. The minimum absolute atomic E-state index is 0.0893. The van der Waals surface area contributed by atoms with Gasteiger partial charge in [-0.05, 0) is 41.7 Å². The third-order valence-electron chi connectivity index (χ3n) is 4.85. The van der Waals surface area contributed by atoms with E-state index < -0.39 is 5.67 Å². The molecule has 1 aliphatic rings. The lowest BCUT2D eigenvalue weighted by Crippen LogP contribution is -2.38. The van der Waals surface area contributed by atoms with Crippen molar-refractivity contribution in [3.05, 3.63) is 83.7 Å². The molecular weight excluding hydrogens is 308 g/mol. The number of alkyl halides is 1. The topological polar surface area (TPSA) is 30.7 Å². The highest BCUT2D eigenvalue weighted by Gasteiger charge is 2.46. The first kappa shape index (κ1) is 15.0. The van der Waals surface area contributed by atoms with Gasteiger partial charge in [0.15, 0.2) is 5.67 Å². The van der Waals surface area contributed by atoms with Gasteiger partial charge in [0.05, 0.1) is 6.54 Å². The Morgan fingerprint density at radius 1 is 1.12 bits per heavy atom. The summed E-state index contributed by atoms with van der Waals surface area (Å²) in [4.78, 5) is 3.92. The van der Waals surface area contributed by atoms with Crippen molar-refractivity contribution in [2.24, 2.45) is 0 Å². The Morgan fingerprint density at radius 2 is 1.92 bits per heavy atom. The maximum Gasteiger partial charge on any atom is 0.162 e. The predicted molar refractivity (Wildman–Crippen MR) is 86.7 cm³/mol. The lowest BCUT2D eigenvalue weighted by Gasteiger charge is -2.39. The third-order valence-corrected chi connectivity index (χ3v) is 4.85. The standard InChI is InChI=1S/C19H17F2N3/c20-16-8-5-15(6-9-16)18-10-7-14-3-1-2-4-17(14)19(18,21)11-24-13-22-12-23-24/h1-6,8-9,12-13,18H,7,10-11H2. The molecule has 0 N–H and O–H groups in total. The normalized spacial score (nSPS) is 23.0. The van der Waals surface area contributed by atoms with E-state index in [4.69, 9.17) is 0 Å². The first-order chi connectivity index (χ1) is 11.7. The van der Waals surface area contributed by atoms with Crippen molar-refractivity contribution in [3.63, 3.8) is 0 Å². The van der Waals surface area contributed by atoms with Crippen LogP contribution >= 0.6 is 0 Å².